The van der Waals surface area contributed by atoms with Crippen LogP contribution in [0.5, 0.6) is 0 Å². The van der Waals surface area contributed by atoms with Gasteiger partial charge in [0, 0.05) is 0 Å². The molecule has 0 aliphatic heterocycles. The maximum atomic E-state index is 10.1. The fraction of sp³-hybridized carbons (Fsp3) is 0.600. The Labute approximate surface area is 51.2 Å². The van der Waals surface area contributed by atoms with Gasteiger partial charge in [0.25, 0.3) is 0 Å². The quantitative estimate of drug-likeness (QED) is 0.452. The minimum absolute atomic E-state index is 0.248. The van der Waals surface area contributed by atoms with Gasteiger partial charge in [-0.1, -0.05) is 6.08 Å². The van der Waals surface area contributed by atoms with Gasteiger partial charge >= 0.3 is 0 Å². The first-order chi connectivity index (χ1) is 3.68. The molecule has 0 bridgehead atoms. The minimum Gasteiger partial charge on any atom is -0.232 e. The zero-order chi connectivity index (χ0) is 6.57. The van der Waals surface area contributed by atoms with Gasteiger partial charge in [-0.2, -0.15) is 0 Å². The van der Waals surface area contributed by atoms with Crippen molar-refractivity contribution in [1.29, 1.82) is 0 Å². The van der Waals surface area contributed by atoms with E-state index in [1.807, 2.05) is 0 Å². The lowest BCUT2D eigenvalue weighted by atomic mass is 10.3. The Morgan fingerprint density at radius 1 is 1.75 bits per heavy atom. The topological polar surface area (TPSA) is 34.1 Å². The Balaban J connectivity index is 3.64. The van der Waals surface area contributed by atoms with Crippen molar-refractivity contribution in [1.82, 2.24) is 0 Å². The molecule has 0 aliphatic carbocycles. The highest BCUT2D eigenvalue weighted by molar-refractivity contribution is 7.73. The highest BCUT2D eigenvalue weighted by Gasteiger charge is 1.98. The second-order valence-electron chi connectivity index (χ2n) is 1.66. The van der Waals surface area contributed by atoms with Gasteiger partial charge in [0.05, 0.1) is 5.25 Å². The van der Waals surface area contributed by atoms with E-state index in [-0.39, 0.29) is 5.25 Å². The highest BCUT2D eigenvalue weighted by Crippen LogP contribution is 1.93. The molecule has 0 aromatic heterocycles. The Hall–Kier alpha value is -0.310. The summed E-state index contributed by atoms with van der Waals surface area (Å²) in [6.07, 6.45) is 2.16. The predicted octanol–water partition coefficient (Wildman–Crippen LogP) is 0.562. The van der Waals surface area contributed by atoms with Gasteiger partial charge in [-0.3, -0.25) is 0 Å². The van der Waals surface area contributed by atoms with E-state index >= 15 is 0 Å². The van der Waals surface area contributed by atoms with Crippen LogP contribution in [0.15, 0.2) is 12.7 Å². The van der Waals surface area contributed by atoms with Crippen LogP contribution in [0.1, 0.15) is 13.3 Å². The van der Waals surface area contributed by atoms with Gasteiger partial charge in [0.2, 0.25) is 0 Å². The number of hydrogen-bond donors (Lipinski definition) is 1. The van der Waals surface area contributed by atoms with E-state index in [4.69, 9.17) is 0 Å². The molecule has 0 rings (SSSR count). The third-order valence-electron chi connectivity index (χ3n) is 0.868. The molecule has 48 valence electrons. The van der Waals surface area contributed by atoms with Crippen molar-refractivity contribution < 1.29 is 8.42 Å². The first-order valence-corrected chi connectivity index (χ1v) is 3.67. The molecule has 0 amide bonds. The van der Waals surface area contributed by atoms with E-state index in [0.29, 0.717) is 6.42 Å². The molecule has 0 radical (unpaired) electrons. The molecule has 0 heterocycles. The summed E-state index contributed by atoms with van der Waals surface area (Å²) < 4.78 is 20.2. The second kappa shape index (κ2) is 3.66. The van der Waals surface area contributed by atoms with Crippen LogP contribution in [-0.2, 0) is 10.7 Å². The fourth-order valence-corrected chi connectivity index (χ4v) is 0.648. The summed E-state index contributed by atoms with van der Waals surface area (Å²) in [7, 11) is -2.24. The first-order valence-electron chi connectivity index (χ1n) is 2.43. The Morgan fingerprint density at radius 2 is 2.25 bits per heavy atom. The van der Waals surface area contributed by atoms with Crippen molar-refractivity contribution in [2.75, 3.05) is 0 Å². The van der Waals surface area contributed by atoms with Gasteiger partial charge in [0.1, 0.15) is 10.7 Å². The average Bonchev–Trinajstić information content (AvgIpc) is 1.67. The largest absolute Gasteiger partial charge is 0.232 e. The van der Waals surface area contributed by atoms with Crippen LogP contribution in [0, 0.1) is 0 Å². The van der Waals surface area contributed by atoms with Crippen LogP contribution in [0.25, 0.3) is 0 Å². The molecule has 3 heteroatoms. The summed E-state index contributed by atoms with van der Waals surface area (Å²) >= 11 is 0. The Kier molecular flexibility index (Phi) is 3.52. The zero-order valence-corrected chi connectivity index (χ0v) is 5.73. The van der Waals surface area contributed by atoms with Gasteiger partial charge in [-0.15, -0.1) is 6.58 Å². The van der Waals surface area contributed by atoms with E-state index < -0.39 is 10.7 Å². The lowest BCUT2D eigenvalue weighted by molar-refractivity contribution is 0.603. The molecular formula is C5H10O2S. The molecule has 0 saturated carbocycles. The summed E-state index contributed by atoms with van der Waals surface area (Å²) in [5.41, 5.74) is 0. The Morgan fingerprint density at radius 3 is 2.38 bits per heavy atom. The lowest BCUT2D eigenvalue weighted by Crippen LogP contribution is -2.00. The highest BCUT2D eigenvalue weighted by atomic mass is 32.2. The normalized spacial score (nSPS) is 13.8. The molecule has 8 heavy (non-hydrogen) atoms. The second-order valence-corrected chi connectivity index (χ2v) is 3.11. The number of thiol groups is 1. The zero-order valence-electron chi connectivity index (χ0n) is 4.83. The third-order valence-corrected chi connectivity index (χ3v) is 1.80. The monoisotopic (exact) mass is 134 g/mol. The van der Waals surface area contributed by atoms with E-state index in [0.717, 1.165) is 0 Å². The SMILES string of the molecule is C=CCC(C)[SH](=O)=O. The van der Waals surface area contributed by atoms with Crippen LogP contribution >= 0.6 is 0 Å². The summed E-state index contributed by atoms with van der Waals surface area (Å²) in [6, 6.07) is 0. The van der Waals surface area contributed by atoms with E-state index in [9.17, 15) is 8.42 Å². The summed E-state index contributed by atoms with van der Waals surface area (Å²) in [6.45, 7) is 5.08. The van der Waals surface area contributed by atoms with Crippen molar-refractivity contribution in [2.45, 2.75) is 18.6 Å². The molecule has 0 saturated heterocycles. The molecule has 0 aromatic carbocycles. The van der Waals surface area contributed by atoms with Crippen molar-refractivity contribution >= 4 is 10.7 Å². The van der Waals surface area contributed by atoms with Crippen LogP contribution in [0.2, 0.25) is 0 Å². The minimum atomic E-state index is -2.24. The maximum Gasteiger partial charge on any atom is 0.143 e. The molecule has 0 fully saturated rings. The lowest BCUT2D eigenvalue weighted by Gasteiger charge is -1.93. The Bertz CT molecular complexity index is 129. The van der Waals surface area contributed by atoms with Gasteiger partial charge in [0.15, 0.2) is 0 Å². The van der Waals surface area contributed by atoms with Gasteiger partial charge in [-0.25, -0.2) is 8.42 Å². The maximum absolute atomic E-state index is 10.1. The van der Waals surface area contributed by atoms with Crippen molar-refractivity contribution in [3.8, 4) is 0 Å². The van der Waals surface area contributed by atoms with Gasteiger partial charge < -0.3 is 0 Å². The molecule has 0 aliphatic rings. The average molecular weight is 134 g/mol. The van der Waals surface area contributed by atoms with Crippen molar-refractivity contribution in [2.24, 2.45) is 0 Å². The van der Waals surface area contributed by atoms with Crippen LogP contribution in [0.3, 0.4) is 0 Å². The smallest absolute Gasteiger partial charge is 0.143 e. The van der Waals surface area contributed by atoms with Crippen molar-refractivity contribution in [3.63, 3.8) is 0 Å². The summed E-state index contributed by atoms with van der Waals surface area (Å²) in [5.74, 6) is 0. The number of rotatable bonds is 3. The summed E-state index contributed by atoms with van der Waals surface area (Å²) in [5, 5.41) is -0.248. The molecule has 1 unspecified atom stereocenters. The van der Waals surface area contributed by atoms with E-state index in [1.165, 1.54) is 0 Å². The van der Waals surface area contributed by atoms with E-state index in [1.54, 1.807) is 13.0 Å². The molecule has 0 N–H and O–H groups in total. The summed E-state index contributed by atoms with van der Waals surface area (Å²) in [4.78, 5) is 0. The molecule has 0 spiro atoms. The van der Waals surface area contributed by atoms with Crippen molar-refractivity contribution in [3.05, 3.63) is 12.7 Å². The predicted molar refractivity (Wildman–Crippen MR) is 34.6 cm³/mol. The first kappa shape index (κ1) is 7.69. The van der Waals surface area contributed by atoms with Gasteiger partial charge in [-0.05, 0) is 13.3 Å². The number of allylic oxidation sites excluding steroid dienone is 1. The molecule has 2 nitrogen and oxygen atoms in total. The van der Waals surface area contributed by atoms with E-state index in [2.05, 4.69) is 6.58 Å². The fourth-order valence-electron chi connectivity index (χ4n) is 0.327. The molecular weight excluding hydrogens is 124 g/mol. The van der Waals surface area contributed by atoms with Crippen LogP contribution in [-0.4, -0.2) is 13.7 Å². The standard InChI is InChI=1S/C5H10O2S/c1-3-4-5(2)8(6)7/h3,5,8H,1,4H2,2H3. The van der Waals surface area contributed by atoms with Crippen LogP contribution < -0.4 is 0 Å². The number of hydrogen-bond acceptors (Lipinski definition) is 2. The third kappa shape index (κ3) is 2.80. The van der Waals surface area contributed by atoms with Crippen LogP contribution in [0.4, 0.5) is 0 Å². The molecule has 0 aromatic rings. The molecule has 1 atom stereocenters.